The number of hydrogen-bond donors (Lipinski definition) is 2. The van der Waals surface area contributed by atoms with Crippen molar-refractivity contribution in [2.45, 2.75) is 59.2 Å². The fourth-order valence-corrected chi connectivity index (χ4v) is 4.62. The number of nitrogens with zero attached hydrogens (tertiary/aromatic N) is 1. The molecule has 1 fully saturated rings. The Morgan fingerprint density at radius 3 is 2.21 bits per heavy atom. The van der Waals surface area contributed by atoms with Gasteiger partial charge in [0.15, 0.2) is 0 Å². The van der Waals surface area contributed by atoms with Gasteiger partial charge in [-0.25, -0.2) is 0 Å². The molecule has 8 nitrogen and oxygen atoms in total. The van der Waals surface area contributed by atoms with Crippen LogP contribution in [0.1, 0.15) is 56.5 Å². The van der Waals surface area contributed by atoms with Gasteiger partial charge in [0.2, 0.25) is 11.8 Å². The van der Waals surface area contributed by atoms with Gasteiger partial charge in [0.25, 0.3) is 5.91 Å². The van der Waals surface area contributed by atoms with Crippen molar-refractivity contribution in [1.82, 2.24) is 15.5 Å². The lowest BCUT2D eigenvalue weighted by atomic mass is 9.99. The zero-order chi connectivity index (χ0) is 28.4. The van der Waals surface area contributed by atoms with Gasteiger partial charge in [-0.2, -0.15) is 0 Å². The highest BCUT2D eigenvalue weighted by Gasteiger charge is 2.31. The summed E-state index contributed by atoms with van der Waals surface area (Å²) in [5.74, 6) is -0.313. The third kappa shape index (κ3) is 9.55. The van der Waals surface area contributed by atoms with E-state index in [-0.39, 0.29) is 29.9 Å². The fourth-order valence-electron chi connectivity index (χ4n) is 4.45. The lowest BCUT2D eigenvalue weighted by molar-refractivity contribution is -0.140. The molecule has 39 heavy (non-hydrogen) atoms. The number of nitrogens with one attached hydrogen (secondary N) is 2. The van der Waals surface area contributed by atoms with Crippen molar-refractivity contribution in [3.63, 3.8) is 0 Å². The molecule has 1 heterocycles. The van der Waals surface area contributed by atoms with E-state index in [4.69, 9.17) is 21.1 Å². The average Bonchev–Trinajstić information content (AvgIpc) is 2.91. The van der Waals surface area contributed by atoms with Gasteiger partial charge in [-0.3, -0.25) is 14.4 Å². The Labute approximate surface area is 236 Å². The molecular formula is C30H40ClN3O5. The maximum absolute atomic E-state index is 13.5. The molecule has 0 aliphatic carbocycles. The van der Waals surface area contributed by atoms with E-state index in [1.807, 2.05) is 58.0 Å². The van der Waals surface area contributed by atoms with Crippen LogP contribution in [0.15, 0.2) is 48.5 Å². The van der Waals surface area contributed by atoms with Gasteiger partial charge < -0.3 is 25.0 Å². The minimum Gasteiger partial charge on any atom is -0.488 e. The summed E-state index contributed by atoms with van der Waals surface area (Å²) in [6.07, 6.45) is 0.897. The van der Waals surface area contributed by atoms with Crippen molar-refractivity contribution >= 4 is 29.3 Å². The molecule has 1 aliphatic heterocycles. The Morgan fingerprint density at radius 1 is 0.923 bits per heavy atom. The number of halogens is 1. The first-order chi connectivity index (χ1) is 18.6. The molecule has 212 valence electrons. The number of morpholine rings is 1. The summed E-state index contributed by atoms with van der Waals surface area (Å²) in [4.78, 5) is 42.0. The summed E-state index contributed by atoms with van der Waals surface area (Å²) in [6.45, 7) is 10.2. The van der Waals surface area contributed by atoms with E-state index in [0.29, 0.717) is 49.9 Å². The van der Waals surface area contributed by atoms with Crippen LogP contribution in [0.3, 0.4) is 0 Å². The van der Waals surface area contributed by atoms with Gasteiger partial charge in [-0.05, 0) is 48.4 Å². The number of carbonyl (C=O) groups is 3. The number of hydrogen-bond acceptors (Lipinski definition) is 5. The molecule has 1 saturated heterocycles. The number of rotatable bonds is 12. The molecule has 0 radical (unpaired) electrons. The fraction of sp³-hybridized carbons (Fsp3) is 0.500. The largest absolute Gasteiger partial charge is 0.488 e. The highest BCUT2D eigenvalue weighted by atomic mass is 35.5. The highest BCUT2D eigenvalue weighted by Crippen LogP contribution is 2.24. The smallest absolute Gasteiger partial charge is 0.255 e. The molecule has 3 amide bonds. The number of carbonyl (C=O) groups excluding carboxylic acids is 3. The molecule has 9 heteroatoms. The van der Waals surface area contributed by atoms with Gasteiger partial charge in [0, 0.05) is 18.1 Å². The summed E-state index contributed by atoms with van der Waals surface area (Å²) in [5.41, 5.74) is 1.19. The predicted octanol–water partition coefficient (Wildman–Crippen LogP) is 4.45. The Balaban J connectivity index is 1.76. The Kier molecular flexibility index (Phi) is 11.6. The van der Waals surface area contributed by atoms with E-state index in [2.05, 4.69) is 10.6 Å². The number of ether oxygens (including phenoxy) is 2. The van der Waals surface area contributed by atoms with Gasteiger partial charge >= 0.3 is 0 Å². The Bertz CT molecular complexity index is 1100. The first kappa shape index (κ1) is 30.4. The second-order valence-electron chi connectivity index (χ2n) is 10.7. The average molecular weight is 558 g/mol. The third-order valence-corrected chi connectivity index (χ3v) is 6.63. The quantitative estimate of drug-likeness (QED) is 0.402. The molecule has 0 aromatic heterocycles. The van der Waals surface area contributed by atoms with Crippen molar-refractivity contribution in [2.75, 3.05) is 26.3 Å². The maximum atomic E-state index is 13.5. The van der Waals surface area contributed by atoms with E-state index < -0.39 is 23.9 Å². The van der Waals surface area contributed by atoms with Crippen LogP contribution in [0.4, 0.5) is 0 Å². The molecule has 2 aromatic carbocycles. The van der Waals surface area contributed by atoms with Crippen molar-refractivity contribution in [1.29, 1.82) is 0 Å². The van der Waals surface area contributed by atoms with Crippen molar-refractivity contribution < 1.29 is 23.9 Å². The van der Waals surface area contributed by atoms with Gasteiger partial charge in [-0.15, -0.1) is 0 Å². The van der Waals surface area contributed by atoms with E-state index in [0.717, 1.165) is 5.56 Å². The summed E-state index contributed by atoms with van der Waals surface area (Å²) in [5, 5.41) is 6.19. The third-order valence-electron chi connectivity index (χ3n) is 6.40. The summed E-state index contributed by atoms with van der Waals surface area (Å²) in [6, 6.07) is 12.9. The van der Waals surface area contributed by atoms with Gasteiger partial charge in [0.05, 0.1) is 18.8 Å². The van der Waals surface area contributed by atoms with Crippen LogP contribution in [0, 0.1) is 11.8 Å². The van der Waals surface area contributed by atoms with E-state index in [1.165, 1.54) is 6.07 Å². The summed E-state index contributed by atoms with van der Waals surface area (Å²) >= 11 is 6.22. The number of benzene rings is 2. The van der Waals surface area contributed by atoms with Gasteiger partial charge in [0.1, 0.15) is 24.4 Å². The van der Waals surface area contributed by atoms with E-state index in [9.17, 15) is 14.4 Å². The minimum atomic E-state index is -0.842. The molecular weight excluding hydrogens is 518 g/mol. The van der Waals surface area contributed by atoms with Crippen LogP contribution >= 0.6 is 11.6 Å². The highest BCUT2D eigenvalue weighted by molar-refractivity contribution is 6.31. The van der Waals surface area contributed by atoms with Crippen molar-refractivity contribution in [2.24, 2.45) is 11.8 Å². The number of amides is 3. The molecule has 2 atom stereocenters. The lowest BCUT2D eigenvalue weighted by Crippen LogP contribution is -2.56. The van der Waals surface area contributed by atoms with Crippen LogP contribution < -0.4 is 15.4 Å². The Hall–Kier alpha value is -3.10. The second kappa shape index (κ2) is 14.9. The monoisotopic (exact) mass is 557 g/mol. The predicted molar refractivity (Wildman–Crippen MR) is 152 cm³/mol. The Morgan fingerprint density at radius 2 is 1.56 bits per heavy atom. The minimum absolute atomic E-state index is 0.118. The SMILES string of the molecule is CC(C)C[C@H](NC(=O)c1cc(Cl)ccc1OCc1ccccc1)C(=O)N[C@@H](CC(C)C)C(=O)N1CCOCC1. The van der Waals surface area contributed by atoms with Crippen LogP contribution in [0.25, 0.3) is 0 Å². The lowest BCUT2D eigenvalue weighted by Gasteiger charge is -2.32. The first-order valence-corrected chi connectivity index (χ1v) is 14.0. The van der Waals surface area contributed by atoms with Crippen molar-refractivity contribution in [3.05, 3.63) is 64.7 Å². The molecule has 3 rings (SSSR count). The van der Waals surface area contributed by atoms with Gasteiger partial charge in [-0.1, -0.05) is 69.6 Å². The molecule has 2 aromatic rings. The molecule has 0 bridgehead atoms. The van der Waals surface area contributed by atoms with Crippen LogP contribution in [-0.2, 0) is 20.9 Å². The van der Waals surface area contributed by atoms with E-state index in [1.54, 1.807) is 17.0 Å². The molecule has 2 N–H and O–H groups in total. The van der Waals surface area contributed by atoms with E-state index >= 15 is 0 Å². The molecule has 0 spiro atoms. The normalized spacial score (nSPS) is 15.1. The maximum Gasteiger partial charge on any atom is 0.255 e. The van der Waals surface area contributed by atoms with Crippen molar-refractivity contribution in [3.8, 4) is 5.75 Å². The first-order valence-electron chi connectivity index (χ1n) is 13.6. The molecule has 0 saturated carbocycles. The summed E-state index contributed by atoms with van der Waals surface area (Å²) in [7, 11) is 0. The standard InChI is InChI=1S/C30H40ClN3O5/c1-20(2)16-25(29(36)33-26(17-21(3)4)30(37)34-12-14-38-15-13-34)32-28(35)24-18-23(31)10-11-27(24)39-19-22-8-6-5-7-9-22/h5-11,18,20-21,25-26H,12-17,19H2,1-4H3,(H,32,35)(H,33,36)/t25-,26-/m0/s1. The van der Waals surface area contributed by atoms with Crippen LogP contribution in [-0.4, -0.2) is 61.0 Å². The van der Waals surface area contributed by atoms with Crippen LogP contribution in [0.2, 0.25) is 5.02 Å². The second-order valence-corrected chi connectivity index (χ2v) is 11.1. The molecule has 0 unspecified atom stereocenters. The topological polar surface area (TPSA) is 97.0 Å². The zero-order valence-corrected chi connectivity index (χ0v) is 24.0. The molecule has 1 aliphatic rings. The zero-order valence-electron chi connectivity index (χ0n) is 23.2. The van der Waals surface area contributed by atoms with Crippen LogP contribution in [0.5, 0.6) is 5.75 Å². The summed E-state index contributed by atoms with van der Waals surface area (Å²) < 4.78 is 11.3.